The number of hydrogen-bond donors (Lipinski definition) is 0. The Morgan fingerprint density at radius 2 is 1.39 bits per heavy atom. The minimum absolute atomic E-state index is 0.166. The fourth-order valence-electron chi connectivity index (χ4n) is 1.86. The summed E-state index contributed by atoms with van der Waals surface area (Å²) >= 11 is 0. The molecule has 6 heteroatoms. The summed E-state index contributed by atoms with van der Waals surface area (Å²) in [5, 5.41) is 8.77. The minimum Gasteiger partial charge on any atom is -0.465 e. The molecule has 6 nitrogen and oxygen atoms in total. The molecule has 0 bridgehead atoms. The highest BCUT2D eigenvalue weighted by Gasteiger charge is 2.14. The van der Waals surface area contributed by atoms with Gasteiger partial charge in [0.15, 0.2) is 0 Å². The number of nitrogens with zero attached hydrogens (tertiary/aromatic N) is 1. The lowest BCUT2D eigenvalue weighted by Crippen LogP contribution is -2.07. The third-order valence-corrected chi connectivity index (χ3v) is 2.97. The van der Waals surface area contributed by atoms with E-state index in [4.69, 9.17) is 10.00 Å². The molecule has 2 rings (SSSR count). The van der Waals surface area contributed by atoms with Crippen LogP contribution < -0.4 is 4.74 Å². The smallest absolute Gasteiger partial charge is 0.338 e. The molecular formula is C17H13NO5. The molecule has 2 aromatic rings. The molecule has 0 radical (unpaired) electrons. The summed E-state index contributed by atoms with van der Waals surface area (Å²) in [6, 6.07) is 12.7. The lowest BCUT2D eigenvalue weighted by Gasteiger charge is -2.09. The minimum atomic E-state index is -0.597. The number of esters is 2. The predicted octanol–water partition coefficient (Wildman–Crippen LogP) is 2.92. The molecule has 0 heterocycles. The molecule has 0 fully saturated rings. The van der Waals surface area contributed by atoms with Crippen molar-refractivity contribution in [3.63, 3.8) is 0 Å². The number of carbonyl (C=O) groups excluding carboxylic acids is 2. The number of rotatable bonds is 4. The molecule has 0 saturated carbocycles. The first-order valence-corrected chi connectivity index (χ1v) is 6.57. The first-order valence-electron chi connectivity index (χ1n) is 6.57. The molecule has 23 heavy (non-hydrogen) atoms. The maximum atomic E-state index is 11.7. The van der Waals surface area contributed by atoms with E-state index in [1.165, 1.54) is 32.4 Å². The van der Waals surface area contributed by atoms with E-state index >= 15 is 0 Å². The number of methoxy groups -OCH3 is 2. The van der Waals surface area contributed by atoms with Crippen molar-refractivity contribution in [2.24, 2.45) is 0 Å². The van der Waals surface area contributed by atoms with E-state index in [-0.39, 0.29) is 16.9 Å². The Labute approximate surface area is 132 Å². The highest BCUT2D eigenvalue weighted by molar-refractivity contribution is 5.96. The molecule has 0 amide bonds. The van der Waals surface area contributed by atoms with E-state index in [1.807, 2.05) is 6.07 Å². The van der Waals surface area contributed by atoms with Crippen LogP contribution in [0.4, 0.5) is 0 Å². The summed E-state index contributed by atoms with van der Waals surface area (Å²) < 4.78 is 14.9. The zero-order valence-electron chi connectivity index (χ0n) is 12.5. The Bertz CT molecular complexity index is 740. The van der Waals surface area contributed by atoms with Gasteiger partial charge in [0, 0.05) is 0 Å². The van der Waals surface area contributed by atoms with Gasteiger partial charge in [-0.15, -0.1) is 0 Å². The van der Waals surface area contributed by atoms with Gasteiger partial charge in [0.2, 0.25) is 0 Å². The SMILES string of the molecule is COC(=O)c1cc(Oc2ccc(C#N)cc2)cc(C(=O)OC)c1. The largest absolute Gasteiger partial charge is 0.465 e. The summed E-state index contributed by atoms with van der Waals surface area (Å²) in [5.41, 5.74) is 0.828. The summed E-state index contributed by atoms with van der Waals surface area (Å²) in [6.45, 7) is 0. The van der Waals surface area contributed by atoms with E-state index in [0.29, 0.717) is 11.3 Å². The van der Waals surface area contributed by atoms with Gasteiger partial charge < -0.3 is 14.2 Å². The molecule has 0 saturated heterocycles. The first-order chi connectivity index (χ1) is 11.1. The van der Waals surface area contributed by atoms with Crippen molar-refractivity contribution >= 4 is 11.9 Å². The lowest BCUT2D eigenvalue weighted by molar-refractivity contribution is 0.0598. The number of carbonyl (C=O) groups is 2. The van der Waals surface area contributed by atoms with Crippen molar-refractivity contribution < 1.29 is 23.8 Å². The van der Waals surface area contributed by atoms with Gasteiger partial charge in [-0.05, 0) is 42.5 Å². The van der Waals surface area contributed by atoms with Crippen LogP contribution in [0, 0.1) is 11.3 Å². The van der Waals surface area contributed by atoms with Gasteiger partial charge in [0.05, 0.1) is 37.0 Å². The maximum Gasteiger partial charge on any atom is 0.338 e. The number of hydrogen-bond acceptors (Lipinski definition) is 6. The van der Waals surface area contributed by atoms with Crippen LogP contribution in [-0.2, 0) is 9.47 Å². The Kier molecular flexibility index (Phi) is 4.95. The van der Waals surface area contributed by atoms with Gasteiger partial charge >= 0.3 is 11.9 Å². The second-order valence-corrected chi connectivity index (χ2v) is 4.47. The normalized spacial score (nSPS) is 9.61. The van der Waals surface area contributed by atoms with Crippen molar-refractivity contribution in [1.29, 1.82) is 5.26 Å². The topological polar surface area (TPSA) is 85.6 Å². The van der Waals surface area contributed by atoms with E-state index in [0.717, 1.165) is 0 Å². The lowest BCUT2D eigenvalue weighted by atomic mass is 10.1. The van der Waals surface area contributed by atoms with E-state index in [9.17, 15) is 9.59 Å². The third-order valence-electron chi connectivity index (χ3n) is 2.97. The maximum absolute atomic E-state index is 11.7. The third kappa shape index (κ3) is 3.86. The highest BCUT2D eigenvalue weighted by atomic mass is 16.5. The standard InChI is InChI=1S/C17H13NO5/c1-21-16(19)12-7-13(17(20)22-2)9-15(8-12)23-14-5-3-11(10-18)4-6-14/h3-9H,1-2H3. The van der Waals surface area contributed by atoms with Crippen molar-refractivity contribution in [3.8, 4) is 17.6 Å². The van der Waals surface area contributed by atoms with Crippen LogP contribution in [0.25, 0.3) is 0 Å². The zero-order valence-corrected chi connectivity index (χ0v) is 12.5. The second kappa shape index (κ2) is 7.09. The Morgan fingerprint density at radius 3 is 1.83 bits per heavy atom. The van der Waals surface area contributed by atoms with Crippen molar-refractivity contribution in [2.45, 2.75) is 0 Å². The molecule has 0 N–H and O–H groups in total. The molecular weight excluding hydrogens is 298 g/mol. The van der Waals surface area contributed by atoms with E-state index in [1.54, 1.807) is 24.3 Å². The average molecular weight is 311 g/mol. The zero-order chi connectivity index (χ0) is 16.8. The molecule has 0 aliphatic carbocycles. The van der Waals surface area contributed by atoms with Gasteiger partial charge in [-0.1, -0.05) is 0 Å². The van der Waals surface area contributed by atoms with Crippen LogP contribution in [0.15, 0.2) is 42.5 Å². The molecule has 2 aromatic carbocycles. The van der Waals surface area contributed by atoms with Crippen LogP contribution in [-0.4, -0.2) is 26.2 Å². The van der Waals surface area contributed by atoms with Crippen LogP contribution in [0.3, 0.4) is 0 Å². The Hall–Kier alpha value is -3.33. The second-order valence-electron chi connectivity index (χ2n) is 4.47. The summed E-state index contributed by atoms with van der Waals surface area (Å²) in [5.74, 6) is -0.458. The van der Waals surface area contributed by atoms with Crippen molar-refractivity contribution in [3.05, 3.63) is 59.2 Å². The average Bonchev–Trinajstić information content (AvgIpc) is 2.60. The number of ether oxygens (including phenoxy) is 3. The summed E-state index contributed by atoms with van der Waals surface area (Å²) in [4.78, 5) is 23.4. The Balaban J connectivity index is 2.37. The van der Waals surface area contributed by atoms with Crippen molar-refractivity contribution in [1.82, 2.24) is 0 Å². The molecule has 0 aromatic heterocycles. The molecule has 0 unspecified atom stereocenters. The molecule has 0 spiro atoms. The summed E-state index contributed by atoms with van der Waals surface area (Å²) in [6.07, 6.45) is 0. The van der Waals surface area contributed by atoms with Crippen molar-refractivity contribution in [2.75, 3.05) is 14.2 Å². The predicted molar refractivity (Wildman–Crippen MR) is 80.4 cm³/mol. The van der Waals surface area contributed by atoms with Crippen LogP contribution in [0.5, 0.6) is 11.5 Å². The summed E-state index contributed by atoms with van der Waals surface area (Å²) in [7, 11) is 2.49. The van der Waals surface area contributed by atoms with Crippen LogP contribution in [0.1, 0.15) is 26.3 Å². The van der Waals surface area contributed by atoms with Gasteiger partial charge in [0.1, 0.15) is 11.5 Å². The molecule has 0 atom stereocenters. The van der Waals surface area contributed by atoms with Gasteiger partial charge in [0.25, 0.3) is 0 Å². The van der Waals surface area contributed by atoms with Gasteiger partial charge in [-0.2, -0.15) is 5.26 Å². The van der Waals surface area contributed by atoms with E-state index < -0.39 is 11.9 Å². The fraction of sp³-hybridized carbons (Fsp3) is 0.118. The molecule has 0 aliphatic heterocycles. The molecule has 0 aliphatic rings. The molecule has 116 valence electrons. The highest BCUT2D eigenvalue weighted by Crippen LogP contribution is 2.25. The van der Waals surface area contributed by atoms with Crippen LogP contribution >= 0.6 is 0 Å². The van der Waals surface area contributed by atoms with Crippen LogP contribution in [0.2, 0.25) is 0 Å². The van der Waals surface area contributed by atoms with Gasteiger partial charge in [-0.3, -0.25) is 0 Å². The quantitative estimate of drug-likeness (QED) is 0.807. The number of nitriles is 1. The van der Waals surface area contributed by atoms with E-state index in [2.05, 4.69) is 9.47 Å². The monoisotopic (exact) mass is 311 g/mol. The number of benzene rings is 2. The Morgan fingerprint density at radius 1 is 0.870 bits per heavy atom. The van der Waals surface area contributed by atoms with Gasteiger partial charge in [-0.25, -0.2) is 9.59 Å². The fourth-order valence-corrected chi connectivity index (χ4v) is 1.86. The first kappa shape index (κ1) is 16.0.